The molecule has 0 saturated heterocycles. The number of H-pyrrole nitrogens is 1. The Labute approximate surface area is 157 Å². The minimum absolute atomic E-state index is 0.170. The fourth-order valence-electron chi connectivity index (χ4n) is 2.85. The van der Waals surface area contributed by atoms with Crippen LogP contribution in [0, 0.1) is 20.8 Å². The van der Waals surface area contributed by atoms with Crippen LogP contribution in [0.15, 0.2) is 18.2 Å². The summed E-state index contributed by atoms with van der Waals surface area (Å²) in [6, 6.07) is 5.09. The van der Waals surface area contributed by atoms with Crippen molar-refractivity contribution in [1.29, 1.82) is 0 Å². The Hall–Kier alpha value is -3.09. The van der Waals surface area contributed by atoms with Crippen LogP contribution in [0.5, 0.6) is 5.75 Å². The third-order valence-electron chi connectivity index (χ3n) is 4.04. The zero-order valence-corrected chi connectivity index (χ0v) is 16.1. The number of aromatic amines is 1. The van der Waals surface area contributed by atoms with E-state index >= 15 is 0 Å². The number of hydrogen-bond donors (Lipinski definition) is 1. The summed E-state index contributed by atoms with van der Waals surface area (Å²) in [5.74, 6) is -1.39. The second kappa shape index (κ2) is 8.53. The molecule has 0 amide bonds. The first kappa shape index (κ1) is 20.2. The van der Waals surface area contributed by atoms with E-state index in [9.17, 15) is 14.4 Å². The molecule has 0 aliphatic rings. The lowest BCUT2D eigenvalue weighted by atomic mass is 10.1. The standard InChI is InChI=1S/C20H23NO6/c1-6-26-20(24)18-13(4)21-12(3)17(18)15(22)10-27-19(23)14-9-11(2)7-8-16(14)25-5/h7-9,21H,6,10H2,1-5H3. The lowest BCUT2D eigenvalue weighted by Gasteiger charge is -2.10. The van der Waals surface area contributed by atoms with Crippen molar-refractivity contribution in [2.75, 3.05) is 20.3 Å². The van der Waals surface area contributed by atoms with Crippen molar-refractivity contribution < 1.29 is 28.6 Å². The molecule has 2 aromatic rings. The molecule has 7 heteroatoms. The van der Waals surface area contributed by atoms with E-state index in [-0.39, 0.29) is 23.3 Å². The molecule has 0 spiro atoms. The van der Waals surface area contributed by atoms with Gasteiger partial charge in [0.2, 0.25) is 5.78 Å². The highest BCUT2D eigenvalue weighted by Gasteiger charge is 2.26. The van der Waals surface area contributed by atoms with E-state index in [2.05, 4.69) is 4.98 Å². The molecule has 0 radical (unpaired) electrons. The number of carbonyl (C=O) groups is 3. The van der Waals surface area contributed by atoms with Gasteiger partial charge in [-0.2, -0.15) is 0 Å². The summed E-state index contributed by atoms with van der Waals surface area (Å²) in [6.07, 6.45) is 0. The largest absolute Gasteiger partial charge is 0.496 e. The molecule has 7 nitrogen and oxygen atoms in total. The van der Waals surface area contributed by atoms with E-state index in [0.717, 1.165) is 5.56 Å². The predicted molar refractivity (Wildman–Crippen MR) is 98.6 cm³/mol. The summed E-state index contributed by atoms with van der Waals surface area (Å²) in [5.41, 5.74) is 2.48. The zero-order valence-electron chi connectivity index (χ0n) is 16.1. The third kappa shape index (κ3) is 4.36. The van der Waals surface area contributed by atoms with Crippen molar-refractivity contribution >= 4 is 17.7 Å². The summed E-state index contributed by atoms with van der Waals surface area (Å²) in [6.45, 7) is 6.57. The minimum Gasteiger partial charge on any atom is -0.496 e. The summed E-state index contributed by atoms with van der Waals surface area (Å²) < 4.78 is 15.3. The number of aromatic nitrogens is 1. The Kier molecular flexibility index (Phi) is 6.39. The minimum atomic E-state index is -0.675. The molecule has 0 fully saturated rings. The molecular formula is C20H23NO6. The van der Waals surface area contributed by atoms with Gasteiger partial charge in [-0.25, -0.2) is 9.59 Å². The number of rotatable bonds is 7. The van der Waals surface area contributed by atoms with Crippen molar-refractivity contribution in [2.45, 2.75) is 27.7 Å². The van der Waals surface area contributed by atoms with Gasteiger partial charge in [-0.1, -0.05) is 11.6 Å². The van der Waals surface area contributed by atoms with E-state index in [4.69, 9.17) is 14.2 Å². The maximum Gasteiger partial charge on any atom is 0.342 e. The van der Waals surface area contributed by atoms with Crippen LogP contribution in [-0.2, 0) is 9.47 Å². The highest BCUT2D eigenvalue weighted by Crippen LogP contribution is 2.22. The van der Waals surface area contributed by atoms with Crippen LogP contribution in [-0.4, -0.2) is 43.0 Å². The van der Waals surface area contributed by atoms with Gasteiger partial charge in [0.1, 0.15) is 11.3 Å². The topological polar surface area (TPSA) is 94.7 Å². The molecule has 144 valence electrons. The summed E-state index contributed by atoms with van der Waals surface area (Å²) in [7, 11) is 1.45. The fourth-order valence-corrected chi connectivity index (χ4v) is 2.85. The van der Waals surface area contributed by atoms with Gasteiger partial charge in [0.25, 0.3) is 0 Å². The van der Waals surface area contributed by atoms with E-state index in [1.54, 1.807) is 39.0 Å². The quantitative estimate of drug-likeness (QED) is 0.592. The van der Waals surface area contributed by atoms with Gasteiger partial charge in [0.15, 0.2) is 6.61 Å². The molecule has 0 unspecified atom stereocenters. The van der Waals surface area contributed by atoms with Gasteiger partial charge in [-0.15, -0.1) is 0 Å². The smallest absolute Gasteiger partial charge is 0.342 e. The van der Waals surface area contributed by atoms with Crippen molar-refractivity contribution in [1.82, 2.24) is 4.98 Å². The lowest BCUT2D eigenvalue weighted by molar-refractivity contribution is 0.0469. The Bertz CT molecular complexity index is 881. The van der Waals surface area contributed by atoms with E-state index in [0.29, 0.717) is 17.1 Å². The average molecular weight is 373 g/mol. The number of esters is 2. The molecule has 0 aliphatic heterocycles. The Morgan fingerprint density at radius 3 is 2.26 bits per heavy atom. The van der Waals surface area contributed by atoms with Crippen LogP contribution >= 0.6 is 0 Å². The third-order valence-corrected chi connectivity index (χ3v) is 4.04. The van der Waals surface area contributed by atoms with Gasteiger partial charge in [-0.05, 0) is 39.8 Å². The van der Waals surface area contributed by atoms with Crippen molar-refractivity contribution in [3.8, 4) is 5.75 Å². The SMILES string of the molecule is CCOC(=O)c1c(C)[nH]c(C)c1C(=O)COC(=O)c1cc(C)ccc1OC. The first-order chi connectivity index (χ1) is 12.8. The number of nitrogens with one attached hydrogen (secondary N) is 1. The van der Waals surface area contributed by atoms with Crippen LogP contribution in [0.25, 0.3) is 0 Å². The number of Topliss-reactive ketones (excluding diaryl/α,β-unsaturated/α-hetero) is 1. The monoisotopic (exact) mass is 373 g/mol. The summed E-state index contributed by atoms with van der Waals surface area (Å²) >= 11 is 0. The van der Waals surface area contributed by atoms with Crippen LogP contribution in [0.4, 0.5) is 0 Å². The van der Waals surface area contributed by atoms with Crippen LogP contribution in [0.1, 0.15) is 54.9 Å². The molecule has 0 saturated carbocycles. The number of hydrogen-bond acceptors (Lipinski definition) is 6. The molecule has 1 N–H and O–H groups in total. The Balaban J connectivity index is 2.21. The van der Waals surface area contributed by atoms with Gasteiger partial charge in [-0.3, -0.25) is 4.79 Å². The fraction of sp³-hybridized carbons (Fsp3) is 0.350. The highest BCUT2D eigenvalue weighted by atomic mass is 16.5. The van der Waals surface area contributed by atoms with E-state index in [1.165, 1.54) is 7.11 Å². The average Bonchev–Trinajstić information content (AvgIpc) is 2.93. The Morgan fingerprint density at radius 2 is 1.63 bits per heavy atom. The second-order valence-electron chi connectivity index (χ2n) is 6.05. The molecule has 1 aromatic heterocycles. The van der Waals surface area contributed by atoms with Crippen LogP contribution in [0.2, 0.25) is 0 Å². The predicted octanol–water partition coefficient (Wildman–Crippen LogP) is 3.16. The first-order valence-electron chi connectivity index (χ1n) is 8.51. The van der Waals surface area contributed by atoms with E-state index in [1.807, 2.05) is 6.92 Å². The Morgan fingerprint density at radius 1 is 0.963 bits per heavy atom. The number of ketones is 1. The maximum absolute atomic E-state index is 12.6. The summed E-state index contributed by atoms with van der Waals surface area (Å²) in [4.78, 5) is 40.1. The zero-order chi connectivity index (χ0) is 20.1. The lowest BCUT2D eigenvalue weighted by Crippen LogP contribution is -2.18. The van der Waals surface area contributed by atoms with E-state index < -0.39 is 24.3 Å². The van der Waals surface area contributed by atoms with Gasteiger partial charge in [0, 0.05) is 11.4 Å². The molecule has 27 heavy (non-hydrogen) atoms. The molecule has 0 bridgehead atoms. The summed E-state index contributed by atoms with van der Waals surface area (Å²) in [5, 5.41) is 0. The molecular weight excluding hydrogens is 350 g/mol. The molecule has 1 heterocycles. The number of carbonyl (C=O) groups excluding carboxylic acids is 3. The number of aryl methyl sites for hydroxylation is 3. The normalized spacial score (nSPS) is 10.4. The van der Waals surface area contributed by atoms with Gasteiger partial charge in [0.05, 0.1) is 24.8 Å². The van der Waals surface area contributed by atoms with Crippen molar-refractivity contribution in [3.63, 3.8) is 0 Å². The number of methoxy groups -OCH3 is 1. The highest BCUT2D eigenvalue weighted by molar-refractivity contribution is 6.09. The second-order valence-corrected chi connectivity index (χ2v) is 6.05. The molecule has 1 aromatic carbocycles. The number of benzene rings is 1. The molecule has 2 rings (SSSR count). The maximum atomic E-state index is 12.6. The van der Waals surface area contributed by atoms with Crippen LogP contribution < -0.4 is 4.74 Å². The first-order valence-corrected chi connectivity index (χ1v) is 8.51. The van der Waals surface area contributed by atoms with Gasteiger partial charge >= 0.3 is 11.9 Å². The van der Waals surface area contributed by atoms with Crippen molar-refractivity contribution in [2.24, 2.45) is 0 Å². The molecule has 0 aliphatic carbocycles. The number of ether oxygens (including phenoxy) is 3. The van der Waals surface area contributed by atoms with Crippen molar-refractivity contribution in [3.05, 3.63) is 51.8 Å². The molecule has 0 atom stereocenters. The van der Waals surface area contributed by atoms with Crippen LogP contribution in [0.3, 0.4) is 0 Å². The van der Waals surface area contributed by atoms with Gasteiger partial charge < -0.3 is 19.2 Å².